The maximum Gasteiger partial charge on any atom is 0.282 e. The number of methoxy groups -OCH3 is 1. The molecule has 3 rings (SSSR count). The van der Waals surface area contributed by atoms with Gasteiger partial charge in [0.1, 0.15) is 5.82 Å². The van der Waals surface area contributed by atoms with E-state index < -0.39 is 0 Å². The normalized spacial score (nSPS) is 11.3. The van der Waals surface area contributed by atoms with E-state index in [0.717, 1.165) is 13.6 Å². The predicted octanol–water partition coefficient (Wildman–Crippen LogP) is 4.62. The molecule has 0 saturated carbocycles. The topological polar surface area (TPSA) is 65.7 Å². The van der Waals surface area contributed by atoms with Crippen molar-refractivity contribution in [2.24, 2.45) is 5.10 Å². The van der Waals surface area contributed by atoms with Gasteiger partial charge >= 0.3 is 0 Å². The van der Waals surface area contributed by atoms with E-state index in [4.69, 9.17) is 9.47 Å². The van der Waals surface area contributed by atoms with Gasteiger partial charge in [0.2, 0.25) is 0 Å². The zero-order chi connectivity index (χ0) is 20.3. The Bertz CT molecular complexity index is 1110. The summed E-state index contributed by atoms with van der Waals surface area (Å²) >= 11 is 5.60. The smallest absolute Gasteiger partial charge is 0.282 e. The van der Waals surface area contributed by atoms with E-state index in [0.29, 0.717) is 41.3 Å². The second-order valence-corrected chi connectivity index (χ2v) is 7.95. The SMILES string of the molecule is CCOc1c(I)cc(C=Nn2c(CC)nc3ccc(Br)cc3c2=O)cc1OC. The number of fused-ring (bicyclic) bond motifs is 1. The Morgan fingerprint density at radius 1 is 1.29 bits per heavy atom. The highest BCUT2D eigenvalue weighted by Gasteiger charge is 2.12. The molecule has 0 fully saturated rings. The maximum atomic E-state index is 13.0. The molecule has 3 aromatic rings. The second-order valence-electron chi connectivity index (χ2n) is 5.87. The highest BCUT2D eigenvalue weighted by molar-refractivity contribution is 14.1. The van der Waals surface area contributed by atoms with Gasteiger partial charge in [0.25, 0.3) is 5.56 Å². The van der Waals surface area contributed by atoms with E-state index in [1.165, 1.54) is 4.68 Å². The monoisotopic (exact) mass is 555 g/mol. The van der Waals surface area contributed by atoms with Crippen molar-refractivity contribution in [3.05, 3.63) is 60.1 Å². The van der Waals surface area contributed by atoms with Crippen LogP contribution in [0.2, 0.25) is 0 Å². The van der Waals surface area contributed by atoms with Crippen LogP contribution in [-0.2, 0) is 6.42 Å². The largest absolute Gasteiger partial charge is 0.493 e. The summed E-state index contributed by atoms with van der Waals surface area (Å²) in [6.45, 7) is 4.42. The van der Waals surface area contributed by atoms with Crippen LogP contribution in [0.25, 0.3) is 10.9 Å². The quantitative estimate of drug-likeness (QED) is 0.329. The fourth-order valence-electron chi connectivity index (χ4n) is 2.77. The summed E-state index contributed by atoms with van der Waals surface area (Å²) in [5, 5.41) is 4.94. The van der Waals surface area contributed by atoms with Crippen LogP contribution >= 0.6 is 38.5 Å². The molecule has 6 nitrogen and oxygen atoms in total. The number of benzene rings is 2. The summed E-state index contributed by atoms with van der Waals surface area (Å²) in [7, 11) is 1.60. The zero-order valence-electron chi connectivity index (χ0n) is 15.7. The van der Waals surface area contributed by atoms with Crippen LogP contribution in [0.15, 0.2) is 44.7 Å². The molecule has 2 aromatic carbocycles. The molecular formula is C20H19BrIN3O3. The summed E-state index contributed by atoms with van der Waals surface area (Å²) < 4.78 is 14.2. The van der Waals surface area contributed by atoms with Gasteiger partial charge in [-0.05, 0) is 65.4 Å². The molecule has 0 bridgehead atoms. The molecule has 146 valence electrons. The number of nitrogens with zero attached hydrogens (tertiary/aromatic N) is 3. The third-order valence-electron chi connectivity index (χ3n) is 4.05. The summed E-state index contributed by atoms with van der Waals surface area (Å²) in [5.41, 5.74) is 1.26. The number of rotatable bonds is 6. The second kappa shape index (κ2) is 9.04. The molecule has 8 heteroatoms. The van der Waals surface area contributed by atoms with Gasteiger partial charge in [-0.1, -0.05) is 22.9 Å². The third-order valence-corrected chi connectivity index (χ3v) is 5.35. The van der Waals surface area contributed by atoms with E-state index in [2.05, 4.69) is 48.6 Å². The van der Waals surface area contributed by atoms with E-state index in [1.54, 1.807) is 19.4 Å². The summed E-state index contributed by atoms with van der Waals surface area (Å²) in [6, 6.07) is 9.22. The molecule has 0 radical (unpaired) electrons. The average Bonchev–Trinajstić information content (AvgIpc) is 2.69. The number of aryl methyl sites for hydroxylation is 1. The van der Waals surface area contributed by atoms with Crippen molar-refractivity contribution in [2.75, 3.05) is 13.7 Å². The minimum absolute atomic E-state index is 0.202. The molecule has 0 atom stereocenters. The summed E-state index contributed by atoms with van der Waals surface area (Å²) in [5.74, 6) is 1.92. The van der Waals surface area contributed by atoms with Crippen LogP contribution in [0.5, 0.6) is 11.5 Å². The lowest BCUT2D eigenvalue weighted by molar-refractivity contribution is 0.308. The van der Waals surface area contributed by atoms with Crippen molar-refractivity contribution in [2.45, 2.75) is 20.3 Å². The Hall–Kier alpha value is -1.94. The van der Waals surface area contributed by atoms with Crippen LogP contribution in [0.1, 0.15) is 25.2 Å². The number of ether oxygens (including phenoxy) is 2. The number of halogens is 2. The van der Waals surface area contributed by atoms with Gasteiger partial charge in [-0.2, -0.15) is 9.78 Å². The molecular weight excluding hydrogens is 537 g/mol. The van der Waals surface area contributed by atoms with Gasteiger partial charge < -0.3 is 9.47 Å². The third kappa shape index (κ3) is 4.22. The molecule has 0 spiro atoms. The van der Waals surface area contributed by atoms with Crippen LogP contribution in [0.3, 0.4) is 0 Å². The highest BCUT2D eigenvalue weighted by Crippen LogP contribution is 2.33. The summed E-state index contributed by atoms with van der Waals surface area (Å²) in [6.07, 6.45) is 2.22. The van der Waals surface area contributed by atoms with E-state index in [1.807, 2.05) is 38.1 Å². The van der Waals surface area contributed by atoms with Gasteiger partial charge in [-0.3, -0.25) is 4.79 Å². The molecule has 0 aliphatic carbocycles. The average molecular weight is 556 g/mol. The zero-order valence-corrected chi connectivity index (χ0v) is 19.4. The molecule has 0 N–H and O–H groups in total. The highest BCUT2D eigenvalue weighted by atomic mass is 127. The van der Waals surface area contributed by atoms with Crippen molar-refractivity contribution in [3.8, 4) is 11.5 Å². The molecule has 0 unspecified atom stereocenters. The predicted molar refractivity (Wildman–Crippen MR) is 123 cm³/mol. The first-order valence-electron chi connectivity index (χ1n) is 8.74. The van der Waals surface area contributed by atoms with Crippen LogP contribution in [0.4, 0.5) is 0 Å². The fraction of sp³-hybridized carbons (Fsp3) is 0.250. The van der Waals surface area contributed by atoms with Gasteiger partial charge in [0, 0.05) is 10.9 Å². The van der Waals surface area contributed by atoms with Gasteiger partial charge in [-0.15, -0.1) is 0 Å². The molecule has 28 heavy (non-hydrogen) atoms. The van der Waals surface area contributed by atoms with Crippen molar-refractivity contribution < 1.29 is 9.47 Å². The minimum Gasteiger partial charge on any atom is -0.493 e. The molecule has 0 aliphatic rings. The van der Waals surface area contributed by atoms with Crippen LogP contribution in [0, 0.1) is 3.57 Å². The lowest BCUT2D eigenvalue weighted by Gasteiger charge is -2.12. The van der Waals surface area contributed by atoms with Crippen molar-refractivity contribution in [1.29, 1.82) is 0 Å². The Morgan fingerprint density at radius 3 is 2.75 bits per heavy atom. The van der Waals surface area contributed by atoms with Crippen molar-refractivity contribution >= 4 is 55.6 Å². The lowest BCUT2D eigenvalue weighted by Crippen LogP contribution is -2.22. The number of aromatic nitrogens is 2. The van der Waals surface area contributed by atoms with E-state index in [-0.39, 0.29) is 5.56 Å². The first-order chi connectivity index (χ1) is 13.5. The summed E-state index contributed by atoms with van der Waals surface area (Å²) in [4.78, 5) is 17.5. The van der Waals surface area contributed by atoms with Gasteiger partial charge in [0.15, 0.2) is 11.5 Å². The Balaban J connectivity index is 2.09. The molecule has 0 saturated heterocycles. The van der Waals surface area contributed by atoms with Crippen LogP contribution in [-0.4, -0.2) is 29.6 Å². The molecule has 0 amide bonds. The molecule has 1 aromatic heterocycles. The molecule has 0 aliphatic heterocycles. The number of hydrogen-bond acceptors (Lipinski definition) is 5. The van der Waals surface area contributed by atoms with E-state index in [9.17, 15) is 4.79 Å². The van der Waals surface area contributed by atoms with Crippen LogP contribution < -0.4 is 15.0 Å². The number of hydrogen-bond donors (Lipinski definition) is 0. The van der Waals surface area contributed by atoms with Gasteiger partial charge in [0.05, 0.1) is 34.4 Å². The minimum atomic E-state index is -0.202. The first kappa shape index (κ1) is 20.8. The van der Waals surface area contributed by atoms with Crippen molar-refractivity contribution in [3.63, 3.8) is 0 Å². The fourth-order valence-corrected chi connectivity index (χ4v) is 3.91. The lowest BCUT2D eigenvalue weighted by atomic mass is 10.2. The van der Waals surface area contributed by atoms with E-state index >= 15 is 0 Å². The first-order valence-corrected chi connectivity index (χ1v) is 10.6. The Morgan fingerprint density at radius 2 is 2.07 bits per heavy atom. The van der Waals surface area contributed by atoms with Crippen molar-refractivity contribution in [1.82, 2.24) is 9.66 Å². The molecule has 1 heterocycles. The standard InChI is InChI=1S/C20H19BrIN3O3/c1-4-18-24-16-7-6-13(21)10-14(16)20(26)25(18)23-11-12-8-15(22)19(28-5-2)17(9-12)27-3/h6-11H,4-5H2,1-3H3. The Kier molecular flexibility index (Phi) is 6.71. The van der Waals surface area contributed by atoms with Gasteiger partial charge in [-0.25, -0.2) is 4.98 Å². The maximum absolute atomic E-state index is 13.0. The Labute approximate surface area is 184 Å².